The third-order valence-corrected chi connectivity index (χ3v) is 3.22. The van der Waals surface area contributed by atoms with Crippen molar-refractivity contribution in [2.75, 3.05) is 6.54 Å². The van der Waals surface area contributed by atoms with Gasteiger partial charge in [-0.25, -0.2) is 0 Å². The largest absolute Gasteiger partial charge is 0.416 e. The van der Waals surface area contributed by atoms with Crippen LogP contribution in [-0.2, 0) is 23.8 Å². The fraction of sp³-hybridized carbons (Fsp3) is 0.235. The lowest BCUT2D eigenvalue weighted by atomic mass is 10.1. The molecule has 0 spiro atoms. The molecule has 116 valence electrons. The van der Waals surface area contributed by atoms with Crippen LogP contribution in [0.1, 0.15) is 16.7 Å². The molecule has 2 aromatic rings. The van der Waals surface area contributed by atoms with Crippen LogP contribution >= 0.6 is 0 Å². The summed E-state index contributed by atoms with van der Waals surface area (Å²) >= 11 is 0. The standard InChI is InChI=1S/C17H16F3NO/c18-17(19,20)15-8-6-13(7-9-15)10-11-21-16(22)12-14-4-2-1-3-5-14/h1-9H,10-12H2,(H,21,22). The summed E-state index contributed by atoms with van der Waals surface area (Å²) in [6.07, 6.45) is -3.52. The molecule has 1 amide bonds. The van der Waals surface area contributed by atoms with E-state index in [2.05, 4.69) is 5.32 Å². The SMILES string of the molecule is O=C(Cc1ccccc1)NCCc1ccc(C(F)(F)F)cc1. The minimum absolute atomic E-state index is 0.0990. The molecule has 5 heteroatoms. The molecule has 0 unspecified atom stereocenters. The second kappa shape index (κ2) is 7.11. The van der Waals surface area contributed by atoms with Gasteiger partial charge in [0, 0.05) is 6.54 Å². The Kier molecular flexibility index (Phi) is 5.20. The van der Waals surface area contributed by atoms with Crippen molar-refractivity contribution in [3.8, 4) is 0 Å². The number of rotatable bonds is 5. The maximum absolute atomic E-state index is 12.4. The van der Waals surface area contributed by atoms with Gasteiger partial charge in [-0.15, -0.1) is 0 Å². The van der Waals surface area contributed by atoms with Crippen LogP contribution in [0.25, 0.3) is 0 Å². The van der Waals surface area contributed by atoms with Gasteiger partial charge < -0.3 is 5.32 Å². The highest BCUT2D eigenvalue weighted by atomic mass is 19.4. The van der Waals surface area contributed by atoms with E-state index in [1.54, 1.807) is 0 Å². The second-order valence-electron chi connectivity index (χ2n) is 4.96. The first-order valence-corrected chi connectivity index (χ1v) is 6.92. The fourth-order valence-electron chi connectivity index (χ4n) is 2.05. The molecule has 0 bridgehead atoms. The maximum atomic E-state index is 12.4. The van der Waals surface area contributed by atoms with Crippen LogP contribution in [0.5, 0.6) is 0 Å². The van der Waals surface area contributed by atoms with E-state index in [0.717, 1.165) is 23.3 Å². The van der Waals surface area contributed by atoms with Crippen molar-refractivity contribution in [2.24, 2.45) is 0 Å². The maximum Gasteiger partial charge on any atom is 0.416 e. The number of benzene rings is 2. The van der Waals surface area contributed by atoms with Crippen LogP contribution in [0.4, 0.5) is 13.2 Å². The molecule has 0 fully saturated rings. The second-order valence-corrected chi connectivity index (χ2v) is 4.96. The lowest BCUT2D eigenvalue weighted by Crippen LogP contribution is -2.27. The smallest absolute Gasteiger partial charge is 0.355 e. The van der Waals surface area contributed by atoms with Gasteiger partial charge in [-0.2, -0.15) is 13.2 Å². The molecule has 2 rings (SSSR count). The van der Waals surface area contributed by atoms with Crippen molar-refractivity contribution in [1.29, 1.82) is 0 Å². The van der Waals surface area contributed by atoms with E-state index in [4.69, 9.17) is 0 Å². The monoisotopic (exact) mass is 307 g/mol. The highest BCUT2D eigenvalue weighted by Crippen LogP contribution is 2.29. The van der Waals surface area contributed by atoms with E-state index >= 15 is 0 Å². The predicted molar refractivity (Wildman–Crippen MR) is 78.3 cm³/mol. The molecule has 2 nitrogen and oxygen atoms in total. The molecule has 0 saturated heterocycles. The number of alkyl halides is 3. The first-order chi connectivity index (χ1) is 10.4. The summed E-state index contributed by atoms with van der Waals surface area (Å²) in [5.41, 5.74) is 1.02. The third-order valence-electron chi connectivity index (χ3n) is 3.22. The lowest BCUT2D eigenvalue weighted by molar-refractivity contribution is -0.137. The van der Waals surface area contributed by atoms with Gasteiger partial charge in [0.15, 0.2) is 0 Å². The van der Waals surface area contributed by atoms with Gasteiger partial charge in [-0.05, 0) is 29.7 Å². The minimum atomic E-state index is -4.32. The zero-order valence-corrected chi connectivity index (χ0v) is 11.9. The summed E-state index contributed by atoms with van der Waals surface area (Å²) < 4.78 is 37.3. The highest BCUT2D eigenvalue weighted by molar-refractivity contribution is 5.78. The molecule has 0 saturated carbocycles. The Labute approximate surface area is 127 Å². The lowest BCUT2D eigenvalue weighted by Gasteiger charge is -2.08. The van der Waals surface area contributed by atoms with Crippen LogP contribution < -0.4 is 5.32 Å². The molecule has 0 radical (unpaired) electrons. The summed E-state index contributed by atoms with van der Waals surface area (Å²) in [5, 5.41) is 2.76. The van der Waals surface area contributed by atoms with E-state index in [1.807, 2.05) is 30.3 Å². The molecule has 2 aromatic carbocycles. The molecular weight excluding hydrogens is 291 g/mol. The summed E-state index contributed by atoms with van der Waals surface area (Å²) in [6.45, 7) is 0.400. The van der Waals surface area contributed by atoms with Crippen molar-refractivity contribution in [2.45, 2.75) is 19.0 Å². The molecule has 22 heavy (non-hydrogen) atoms. The molecule has 0 aliphatic rings. The minimum Gasteiger partial charge on any atom is -0.355 e. The van der Waals surface area contributed by atoms with Crippen molar-refractivity contribution in [1.82, 2.24) is 5.32 Å². The van der Waals surface area contributed by atoms with Crippen LogP contribution in [0.2, 0.25) is 0 Å². The number of carbonyl (C=O) groups is 1. The van der Waals surface area contributed by atoms with E-state index in [-0.39, 0.29) is 5.91 Å². The number of carbonyl (C=O) groups excluding carboxylic acids is 1. The molecule has 0 heterocycles. The van der Waals surface area contributed by atoms with E-state index in [9.17, 15) is 18.0 Å². The Morgan fingerprint density at radius 1 is 0.909 bits per heavy atom. The van der Waals surface area contributed by atoms with E-state index in [1.165, 1.54) is 12.1 Å². The van der Waals surface area contributed by atoms with Crippen LogP contribution in [0.15, 0.2) is 54.6 Å². The first kappa shape index (κ1) is 16.1. The molecule has 0 atom stereocenters. The quantitative estimate of drug-likeness (QED) is 0.898. The number of amides is 1. The van der Waals surface area contributed by atoms with Crippen molar-refractivity contribution in [3.63, 3.8) is 0 Å². The van der Waals surface area contributed by atoms with Gasteiger partial charge in [0.1, 0.15) is 0 Å². The van der Waals surface area contributed by atoms with Crippen molar-refractivity contribution >= 4 is 5.91 Å². The van der Waals surface area contributed by atoms with E-state index in [0.29, 0.717) is 19.4 Å². The molecule has 0 aromatic heterocycles. The van der Waals surface area contributed by atoms with Gasteiger partial charge in [0.05, 0.1) is 12.0 Å². The topological polar surface area (TPSA) is 29.1 Å². The van der Waals surface area contributed by atoms with Crippen molar-refractivity contribution in [3.05, 3.63) is 71.3 Å². The van der Waals surface area contributed by atoms with Gasteiger partial charge >= 0.3 is 6.18 Å². The molecule has 0 aliphatic heterocycles. The fourth-order valence-corrected chi connectivity index (χ4v) is 2.05. The Balaban J connectivity index is 1.78. The Bertz CT molecular complexity index is 606. The Morgan fingerprint density at radius 2 is 1.55 bits per heavy atom. The van der Waals surface area contributed by atoms with Gasteiger partial charge in [0.2, 0.25) is 5.91 Å². The summed E-state index contributed by atoms with van der Waals surface area (Å²) in [5.74, 6) is -0.0990. The number of hydrogen-bond donors (Lipinski definition) is 1. The number of hydrogen-bond acceptors (Lipinski definition) is 1. The summed E-state index contributed by atoms with van der Waals surface area (Å²) in [7, 11) is 0. The zero-order chi connectivity index (χ0) is 16.0. The van der Waals surface area contributed by atoms with Crippen LogP contribution in [0.3, 0.4) is 0 Å². The Morgan fingerprint density at radius 3 is 2.14 bits per heavy atom. The summed E-state index contributed by atoms with van der Waals surface area (Å²) in [6, 6.07) is 14.3. The number of nitrogens with one attached hydrogen (secondary N) is 1. The molecule has 1 N–H and O–H groups in total. The van der Waals surface area contributed by atoms with Crippen molar-refractivity contribution < 1.29 is 18.0 Å². The third kappa shape index (κ3) is 4.91. The zero-order valence-electron chi connectivity index (χ0n) is 11.9. The van der Waals surface area contributed by atoms with Gasteiger partial charge in [-0.3, -0.25) is 4.79 Å². The average molecular weight is 307 g/mol. The highest BCUT2D eigenvalue weighted by Gasteiger charge is 2.29. The number of halogens is 3. The van der Waals surface area contributed by atoms with Gasteiger partial charge in [-0.1, -0.05) is 42.5 Å². The van der Waals surface area contributed by atoms with Crippen LogP contribution in [-0.4, -0.2) is 12.5 Å². The van der Waals surface area contributed by atoms with Crippen LogP contribution in [0, 0.1) is 0 Å². The molecular formula is C17H16F3NO. The average Bonchev–Trinajstić information content (AvgIpc) is 2.48. The summed E-state index contributed by atoms with van der Waals surface area (Å²) in [4.78, 5) is 11.7. The predicted octanol–water partition coefficient (Wildman–Crippen LogP) is 3.61. The normalized spacial score (nSPS) is 11.2. The first-order valence-electron chi connectivity index (χ1n) is 6.92. The van der Waals surface area contributed by atoms with E-state index < -0.39 is 11.7 Å². The Hall–Kier alpha value is -2.30. The molecule has 0 aliphatic carbocycles. The van der Waals surface area contributed by atoms with Gasteiger partial charge in [0.25, 0.3) is 0 Å².